The first-order valence-corrected chi connectivity index (χ1v) is 8.24. The van der Waals surface area contributed by atoms with Crippen molar-refractivity contribution in [1.29, 1.82) is 0 Å². The van der Waals surface area contributed by atoms with E-state index in [1.165, 1.54) is 28.3 Å². The third-order valence-corrected chi connectivity index (χ3v) is 5.09. The fourth-order valence-corrected chi connectivity index (χ4v) is 3.75. The number of nitrogens with zero attached hydrogens (tertiary/aromatic N) is 1. The minimum atomic E-state index is 0.224. The Morgan fingerprint density at radius 2 is 2.00 bits per heavy atom. The summed E-state index contributed by atoms with van der Waals surface area (Å²) in [6, 6.07) is 10.8. The van der Waals surface area contributed by atoms with Crippen molar-refractivity contribution >= 4 is 11.3 Å². The first-order chi connectivity index (χ1) is 9.71. The maximum atomic E-state index is 4.70. The van der Waals surface area contributed by atoms with Crippen LogP contribution in [0.1, 0.15) is 42.1 Å². The van der Waals surface area contributed by atoms with E-state index in [1.807, 2.05) is 11.3 Å². The Balaban J connectivity index is 1.71. The van der Waals surface area contributed by atoms with Gasteiger partial charge in [0.1, 0.15) is 5.01 Å². The molecule has 2 aromatic rings. The van der Waals surface area contributed by atoms with Crippen molar-refractivity contribution in [1.82, 2.24) is 10.3 Å². The molecule has 0 unspecified atom stereocenters. The third kappa shape index (κ3) is 2.79. The van der Waals surface area contributed by atoms with Crippen molar-refractivity contribution in [2.75, 3.05) is 6.54 Å². The van der Waals surface area contributed by atoms with Gasteiger partial charge < -0.3 is 5.32 Å². The van der Waals surface area contributed by atoms with Crippen LogP contribution in [0, 0.1) is 5.92 Å². The van der Waals surface area contributed by atoms with Crippen LogP contribution in [0.15, 0.2) is 36.5 Å². The fraction of sp³-hybridized carbons (Fsp3) is 0.471. The van der Waals surface area contributed by atoms with Crippen LogP contribution < -0.4 is 5.32 Å². The van der Waals surface area contributed by atoms with Gasteiger partial charge in [-0.25, -0.2) is 4.98 Å². The van der Waals surface area contributed by atoms with Gasteiger partial charge in [0, 0.05) is 23.0 Å². The van der Waals surface area contributed by atoms with Crippen molar-refractivity contribution in [2.45, 2.75) is 38.6 Å². The van der Waals surface area contributed by atoms with Gasteiger partial charge in [-0.2, -0.15) is 0 Å². The van der Waals surface area contributed by atoms with Gasteiger partial charge in [-0.1, -0.05) is 44.2 Å². The van der Waals surface area contributed by atoms with E-state index in [1.54, 1.807) is 0 Å². The molecule has 1 heterocycles. The van der Waals surface area contributed by atoms with Gasteiger partial charge in [0.15, 0.2) is 0 Å². The molecule has 0 atom stereocenters. The summed E-state index contributed by atoms with van der Waals surface area (Å²) in [5.41, 5.74) is 1.65. The molecule has 3 heteroatoms. The first-order valence-electron chi connectivity index (χ1n) is 7.42. The van der Waals surface area contributed by atoms with Crippen LogP contribution in [0.3, 0.4) is 0 Å². The zero-order chi connectivity index (χ0) is 14.0. The Kier molecular flexibility index (Phi) is 3.90. The fourth-order valence-electron chi connectivity index (χ4n) is 2.60. The lowest BCUT2D eigenvalue weighted by atomic mass is 9.97. The summed E-state index contributed by atoms with van der Waals surface area (Å²) in [7, 11) is 0. The Hall–Kier alpha value is -1.19. The maximum absolute atomic E-state index is 4.70. The predicted molar refractivity (Wildman–Crippen MR) is 85.1 cm³/mol. The zero-order valence-electron chi connectivity index (χ0n) is 12.2. The number of hydrogen-bond acceptors (Lipinski definition) is 3. The summed E-state index contributed by atoms with van der Waals surface area (Å²) >= 11 is 1.88. The molecule has 1 aromatic carbocycles. The number of benzene rings is 1. The largest absolute Gasteiger partial charge is 0.312 e. The van der Waals surface area contributed by atoms with Crippen LogP contribution in [-0.2, 0) is 12.0 Å². The molecule has 0 amide bonds. The highest BCUT2D eigenvalue weighted by Gasteiger charge is 2.48. The number of hydrogen-bond donors (Lipinski definition) is 1. The molecule has 0 radical (unpaired) electrons. The van der Waals surface area contributed by atoms with Gasteiger partial charge in [0.2, 0.25) is 0 Å². The Morgan fingerprint density at radius 3 is 2.65 bits per heavy atom. The molecule has 20 heavy (non-hydrogen) atoms. The second kappa shape index (κ2) is 5.66. The van der Waals surface area contributed by atoms with Crippen molar-refractivity contribution in [3.63, 3.8) is 0 Å². The van der Waals surface area contributed by atoms with Gasteiger partial charge in [0.25, 0.3) is 0 Å². The van der Waals surface area contributed by atoms with E-state index in [-0.39, 0.29) is 5.41 Å². The van der Waals surface area contributed by atoms with Crippen LogP contribution in [-0.4, -0.2) is 11.5 Å². The average molecular weight is 286 g/mol. The van der Waals surface area contributed by atoms with Crippen LogP contribution in [0.5, 0.6) is 0 Å². The first kappa shape index (κ1) is 13.8. The van der Waals surface area contributed by atoms with Crippen molar-refractivity contribution in [3.05, 3.63) is 52.0 Å². The average Bonchev–Trinajstić information content (AvgIpc) is 3.13. The summed E-state index contributed by atoms with van der Waals surface area (Å²) in [5.74, 6) is 0.696. The summed E-state index contributed by atoms with van der Waals surface area (Å²) in [6.45, 7) is 6.48. The minimum absolute atomic E-state index is 0.224. The number of aromatic nitrogens is 1. The number of rotatable bonds is 6. The normalized spacial score (nSPS) is 16.6. The Morgan fingerprint density at radius 1 is 1.25 bits per heavy atom. The monoisotopic (exact) mass is 286 g/mol. The second-order valence-corrected chi connectivity index (χ2v) is 7.22. The van der Waals surface area contributed by atoms with Gasteiger partial charge in [-0.15, -0.1) is 11.3 Å². The lowest BCUT2D eigenvalue weighted by molar-refractivity contribution is 0.554. The summed E-state index contributed by atoms with van der Waals surface area (Å²) in [5, 5.41) is 4.79. The molecule has 1 fully saturated rings. The van der Waals surface area contributed by atoms with Crippen molar-refractivity contribution in [3.8, 4) is 0 Å². The lowest BCUT2D eigenvalue weighted by Crippen LogP contribution is -2.18. The molecular formula is C17H22N2S. The van der Waals surface area contributed by atoms with E-state index >= 15 is 0 Å². The van der Waals surface area contributed by atoms with E-state index in [0.717, 1.165) is 13.1 Å². The van der Waals surface area contributed by atoms with Crippen LogP contribution >= 0.6 is 11.3 Å². The maximum Gasteiger partial charge on any atom is 0.103 e. The van der Waals surface area contributed by atoms with Gasteiger partial charge in [-0.05, 0) is 30.9 Å². The Bertz CT molecular complexity index is 555. The molecule has 1 aliphatic rings. The molecule has 1 saturated carbocycles. The third-order valence-electron chi connectivity index (χ3n) is 3.89. The van der Waals surface area contributed by atoms with Crippen molar-refractivity contribution in [2.24, 2.45) is 5.92 Å². The van der Waals surface area contributed by atoms with Crippen molar-refractivity contribution < 1.29 is 0 Å². The van der Waals surface area contributed by atoms with E-state index in [9.17, 15) is 0 Å². The molecular weight excluding hydrogens is 264 g/mol. The van der Waals surface area contributed by atoms with Crippen LogP contribution in [0.2, 0.25) is 0 Å². The van der Waals surface area contributed by atoms with E-state index in [4.69, 9.17) is 4.98 Å². The molecule has 2 nitrogen and oxygen atoms in total. The quantitative estimate of drug-likeness (QED) is 0.869. The summed E-state index contributed by atoms with van der Waals surface area (Å²) in [4.78, 5) is 6.05. The van der Waals surface area contributed by atoms with E-state index in [0.29, 0.717) is 5.92 Å². The number of nitrogens with one attached hydrogen (secondary N) is 1. The summed E-state index contributed by atoms with van der Waals surface area (Å²) < 4.78 is 0. The van der Waals surface area contributed by atoms with Gasteiger partial charge >= 0.3 is 0 Å². The SMILES string of the molecule is CC(C)CNCc1cnc(C2(c3ccccc3)CC2)s1. The summed E-state index contributed by atoms with van der Waals surface area (Å²) in [6.07, 6.45) is 4.53. The van der Waals surface area contributed by atoms with Gasteiger partial charge in [0.05, 0.1) is 0 Å². The van der Waals surface area contributed by atoms with E-state index < -0.39 is 0 Å². The zero-order valence-corrected chi connectivity index (χ0v) is 13.0. The predicted octanol–water partition coefficient (Wildman–Crippen LogP) is 3.97. The molecule has 0 bridgehead atoms. The molecule has 1 N–H and O–H groups in total. The molecule has 106 valence electrons. The highest BCUT2D eigenvalue weighted by molar-refractivity contribution is 7.11. The highest BCUT2D eigenvalue weighted by atomic mass is 32.1. The minimum Gasteiger partial charge on any atom is -0.312 e. The second-order valence-electron chi connectivity index (χ2n) is 6.10. The molecule has 3 rings (SSSR count). The van der Waals surface area contributed by atoms with Gasteiger partial charge in [-0.3, -0.25) is 0 Å². The lowest BCUT2D eigenvalue weighted by Gasteiger charge is -2.12. The van der Waals surface area contributed by atoms with E-state index in [2.05, 4.69) is 55.7 Å². The smallest absolute Gasteiger partial charge is 0.103 e. The number of thiazole rings is 1. The molecule has 0 saturated heterocycles. The van der Waals surface area contributed by atoms with Crippen LogP contribution in [0.25, 0.3) is 0 Å². The van der Waals surface area contributed by atoms with Crippen LogP contribution in [0.4, 0.5) is 0 Å². The highest BCUT2D eigenvalue weighted by Crippen LogP contribution is 2.54. The molecule has 1 aliphatic carbocycles. The topological polar surface area (TPSA) is 24.9 Å². The Labute approximate surface area is 125 Å². The molecule has 0 spiro atoms. The standard InChI is InChI=1S/C17H22N2S/c1-13(2)10-18-11-15-12-19-16(20-15)17(8-9-17)14-6-4-3-5-7-14/h3-7,12-13,18H,8-11H2,1-2H3. The molecule has 1 aromatic heterocycles. The molecule has 0 aliphatic heterocycles.